The number of carbonyl (C=O) groups excluding carboxylic acids is 2. The van der Waals surface area contributed by atoms with E-state index in [1.807, 2.05) is 44.2 Å². The molecule has 1 amide bonds. The van der Waals surface area contributed by atoms with Crippen molar-refractivity contribution >= 4 is 29.2 Å². The molecule has 0 fully saturated rings. The Bertz CT molecular complexity index is 1590. The summed E-state index contributed by atoms with van der Waals surface area (Å²) in [5.41, 5.74) is 12.2. The summed E-state index contributed by atoms with van der Waals surface area (Å²) < 4.78 is 5.58. The van der Waals surface area contributed by atoms with Gasteiger partial charge in [-0.3, -0.25) is 14.5 Å². The molecule has 5 heteroatoms. The number of H-pyrrole nitrogens is 1. The van der Waals surface area contributed by atoms with Crippen LogP contribution in [0.1, 0.15) is 128 Å². The first-order chi connectivity index (χ1) is 22.9. The molecule has 0 radical (unpaired) electrons. The van der Waals surface area contributed by atoms with E-state index in [1.165, 1.54) is 27.9 Å². The Morgan fingerprint density at radius 1 is 0.729 bits per heavy atom. The molecule has 1 aromatic carbocycles. The number of ether oxygens (including phenoxy) is 1. The standard InChI is InChI=1S/C43H58N2O3/c1-31(2)16-13-19-34(5)22-14-20-32(3)17-9-10-18-33(4)21-15-23-35(6)26-27-42(46)48-30-45-41-25-12-11-24-38(41)39(43(45)47)29-40-36(7)28-37(8)44-40/h11-12,16-18,22-25,28-29,44H,9-10,13-15,19-21,26-27,30H2,1-8H3/b32-17+,33-18+,34-22+,35-23+,39-29+. The van der Waals surface area contributed by atoms with E-state index in [4.69, 9.17) is 4.74 Å². The fourth-order valence-electron chi connectivity index (χ4n) is 5.87. The van der Waals surface area contributed by atoms with E-state index < -0.39 is 0 Å². The van der Waals surface area contributed by atoms with E-state index in [0.29, 0.717) is 18.4 Å². The number of nitrogens with zero attached hydrogens (tertiary/aromatic N) is 1. The molecule has 0 unspecified atom stereocenters. The predicted octanol–water partition coefficient (Wildman–Crippen LogP) is 11.7. The van der Waals surface area contributed by atoms with Gasteiger partial charge in [0.1, 0.15) is 0 Å². The number of esters is 1. The van der Waals surface area contributed by atoms with Crippen LogP contribution in [0.25, 0.3) is 11.6 Å². The summed E-state index contributed by atoms with van der Waals surface area (Å²) >= 11 is 0. The second-order valence-electron chi connectivity index (χ2n) is 13.7. The van der Waals surface area contributed by atoms with Crippen molar-refractivity contribution in [2.24, 2.45) is 0 Å². The highest BCUT2D eigenvalue weighted by Crippen LogP contribution is 2.37. The summed E-state index contributed by atoms with van der Waals surface area (Å²) in [4.78, 5) is 30.9. The molecule has 0 saturated heterocycles. The lowest BCUT2D eigenvalue weighted by atomic mass is 10.0. The van der Waals surface area contributed by atoms with Gasteiger partial charge in [-0.15, -0.1) is 0 Å². The van der Waals surface area contributed by atoms with Gasteiger partial charge in [-0.1, -0.05) is 76.4 Å². The number of fused-ring (bicyclic) bond motifs is 1. The van der Waals surface area contributed by atoms with Gasteiger partial charge in [0.25, 0.3) is 5.91 Å². The van der Waals surface area contributed by atoms with Crippen LogP contribution >= 0.6 is 0 Å². The van der Waals surface area contributed by atoms with Crippen LogP contribution in [0.5, 0.6) is 0 Å². The summed E-state index contributed by atoms with van der Waals surface area (Å²) in [6.07, 6.45) is 23.2. The topological polar surface area (TPSA) is 62.4 Å². The fraction of sp³-hybridized carbons (Fsp3) is 0.442. The Hall–Kier alpha value is -4.12. The number of aromatic nitrogens is 1. The number of anilines is 1. The number of amides is 1. The number of aromatic amines is 1. The molecule has 1 N–H and O–H groups in total. The molecule has 2 heterocycles. The SMILES string of the molecule is CC(C)=CCC/C(C)=C/CC/C(C)=C/CC/C=C(\C)CC/C=C(\C)CCC(=O)OCN1C(=O)/C(=C/c2[nH]c(C)cc2C)c2ccccc21. The summed E-state index contributed by atoms with van der Waals surface area (Å²) in [6, 6.07) is 9.71. The van der Waals surface area contributed by atoms with Crippen LogP contribution in [0.2, 0.25) is 0 Å². The van der Waals surface area contributed by atoms with Crippen LogP contribution in [0.4, 0.5) is 5.69 Å². The van der Waals surface area contributed by atoms with E-state index in [9.17, 15) is 9.59 Å². The first-order valence-electron chi connectivity index (χ1n) is 17.6. The Labute approximate surface area is 290 Å². The molecular weight excluding hydrogens is 592 g/mol. The lowest BCUT2D eigenvalue weighted by Gasteiger charge is -2.17. The molecule has 2 aromatic rings. The second kappa shape index (κ2) is 19.6. The molecule has 0 spiro atoms. The van der Waals surface area contributed by atoms with Crippen molar-refractivity contribution in [3.05, 3.63) is 111 Å². The van der Waals surface area contributed by atoms with Crippen LogP contribution in [0.3, 0.4) is 0 Å². The number of aryl methyl sites for hydroxylation is 2. The van der Waals surface area contributed by atoms with Crippen molar-refractivity contribution in [3.63, 3.8) is 0 Å². The van der Waals surface area contributed by atoms with Gasteiger partial charge in [-0.05, 0) is 137 Å². The van der Waals surface area contributed by atoms with Crippen molar-refractivity contribution in [2.45, 2.75) is 120 Å². The summed E-state index contributed by atoms with van der Waals surface area (Å²) in [5.74, 6) is -0.461. The van der Waals surface area contributed by atoms with E-state index in [1.54, 1.807) is 4.90 Å². The van der Waals surface area contributed by atoms with Gasteiger partial charge in [0.05, 0.1) is 11.3 Å². The van der Waals surface area contributed by atoms with Crippen LogP contribution in [-0.2, 0) is 14.3 Å². The van der Waals surface area contributed by atoms with Crippen LogP contribution in [-0.4, -0.2) is 23.6 Å². The number of para-hydroxylation sites is 1. The molecule has 0 aliphatic carbocycles. The number of allylic oxidation sites excluding steroid dienone is 10. The van der Waals surface area contributed by atoms with Crippen molar-refractivity contribution < 1.29 is 14.3 Å². The van der Waals surface area contributed by atoms with Gasteiger partial charge in [0, 0.05) is 23.4 Å². The van der Waals surface area contributed by atoms with Crippen LogP contribution in [0.15, 0.2) is 88.6 Å². The second-order valence-corrected chi connectivity index (χ2v) is 13.7. The molecule has 1 aliphatic rings. The van der Waals surface area contributed by atoms with Crippen molar-refractivity contribution in [1.82, 2.24) is 4.98 Å². The van der Waals surface area contributed by atoms with Crippen molar-refractivity contribution in [1.29, 1.82) is 0 Å². The molecule has 3 rings (SSSR count). The summed E-state index contributed by atoms with van der Waals surface area (Å²) in [6.45, 7) is 17.0. The average Bonchev–Trinajstić information content (AvgIpc) is 3.50. The van der Waals surface area contributed by atoms with Crippen LogP contribution in [0, 0.1) is 13.8 Å². The zero-order valence-corrected chi connectivity index (χ0v) is 30.8. The maximum atomic E-state index is 13.4. The zero-order valence-electron chi connectivity index (χ0n) is 30.8. The van der Waals surface area contributed by atoms with Crippen LogP contribution < -0.4 is 4.90 Å². The van der Waals surface area contributed by atoms with Gasteiger partial charge in [-0.2, -0.15) is 0 Å². The first-order valence-corrected chi connectivity index (χ1v) is 17.6. The minimum absolute atomic E-state index is 0.0934. The minimum Gasteiger partial charge on any atom is -0.444 e. The largest absolute Gasteiger partial charge is 0.444 e. The molecule has 1 aliphatic heterocycles. The Kier molecular flexibility index (Phi) is 15.7. The number of rotatable bonds is 18. The number of benzene rings is 1. The third kappa shape index (κ3) is 12.8. The van der Waals surface area contributed by atoms with E-state index in [0.717, 1.165) is 79.6 Å². The molecular formula is C43H58N2O3. The molecule has 48 heavy (non-hydrogen) atoms. The molecule has 0 atom stereocenters. The van der Waals surface area contributed by atoms with Gasteiger partial charge < -0.3 is 9.72 Å². The Morgan fingerprint density at radius 3 is 1.83 bits per heavy atom. The van der Waals surface area contributed by atoms with Crippen molar-refractivity contribution in [2.75, 3.05) is 11.6 Å². The lowest BCUT2D eigenvalue weighted by molar-refractivity contribution is -0.143. The number of hydrogen-bond acceptors (Lipinski definition) is 3. The third-order valence-electron chi connectivity index (χ3n) is 8.82. The highest BCUT2D eigenvalue weighted by atomic mass is 16.5. The molecule has 0 bridgehead atoms. The average molecular weight is 651 g/mol. The smallest absolute Gasteiger partial charge is 0.307 e. The molecule has 0 saturated carbocycles. The zero-order chi connectivity index (χ0) is 35.1. The normalized spacial score (nSPS) is 15.0. The number of carbonyl (C=O) groups is 2. The predicted molar refractivity (Wildman–Crippen MR) is 204 cm³/mol. The number of unbranched alkanes of at least 4 members (excludes halogenated alkanes) is 1. The monoisotopic (exact) mass is 650 g/mol. The van der Waals surface area contributed by atoms with Gasteiger partial charge >= 0.3 is 5.97 Å². The maximum Gasteiger partial charge on any atom is 0.307 e. The van der Waals surface area contributed by atoms with Gasteiger partial charge in [0.15, 0.2) is 6.73 Å². The summed E-state index contributed by atoms with van der Waals surface area (Å²) in [7, 11) is 0. The maximum absolute atomic E-state index is 13.4. The lowest BCUT2D eigenvalue weighted by Crippen LogP contribution is -2.30. The minimum atomic E-state index is -0.300. The van der Waals surface area contributed by atoms with Crippen molar-refractivity contribution in [3.8, 4) is 0 Å². The van der Waals surface area contributed by atoms with Gasteiger partial charge in [-0.25, -0.2) is 0 Å². The highest BCUT2D eigenvalue weighted by Gasteiger charge is 2.33. The Balaban J connectivity index is 1.36. The number of hydrogen-bond donors (Lipinski definition) is 1. The third-order valence-corrected chi connectivity index (χ3v) is 8.82. The molecule has 1 aromatic heterocycles. The summed E-state index contributed by atoms with van der Waals surface area (Å²) in [5, 5.41) is 0. The van der Waals surface area contributed by atoms with E-state index >= 15 is 0 Å². The number of nitrogens with one attached hydrogen (secondary N) is 1. The fourth-order valence-corrected chi connectivity index (χ4v) is 5.87. The molecule has 5 nitrogen and oxygen atoms in total. The Morgan fingerprint density at radius 2 is 1.27 bits per heavy atom. The first kappa shape index (κ1) is 38.3. The van der Waals surface area contributed by atoms with E-state index in [2.05, 4.69) is 83.0 Å². The van der Waals surface area contributed by atoms with Gasteiger partial charge in [0.2, 0.25) is 0 Å². The van der Waals surface area contributed by atoms with E-state index in [-0.39, 0.29) is 18.6 Å². The highest BCUT2D eigenvalue weighted by molar-refractivity contribution is 6.35. The molecule has 258 valence electrons. The quantitative estimate of drug-likeness (QED) is 0.0756.